The van der Waals surface area contributed by atoms with E-state index in [4.69, 9.17) is 17.7 Å². The van der Waals surface area contributed by atoms with Crippen LogP contribution in [0.4, 0.5) is 0 Å². The summed E-state index contributed by atoms with van der Waals surface area (Å²) < 4.78 is 23.1. The summed E-state index contributed by atoms with van der Waals surface area (Å²) in [4.78, 5) is 0. The summed E-state index contributed by atoms with van der Waals surface area (Å²) in [7, 11) is -2.94. The molecule has 0 bridgehead atoms. The molecular formula is C13H28O4Si. The van der Waals surface area contributed by atoms with E-state index in [1.165, 1.54) is 0 Å². The van der Waals surface area contributed by atoms with Crippen molar-refractivity contribution in [3.05, 3.63) is 12.7 Å². The van der Waals surface area contributed by atoms with Crippen molar-refractivity contribution >= 4 is 9.05 Å². The Morgan fingerprint density at radius 1 is 0.778 bits per heavy atom. The maximum Gasteiger partial charge on any atom is 0.679 e. The zero-order valence-electron chi connectivity index (χ0n) is 12.1. The number of hydrogen-bond acceptors (Lipinski definition) is 4. The molecule has 0 saturated carbocycles. The Morgan fingerprint density at radius 2 is 1.17 bits per heavy atom. The third kappa shape index (κ3) is 8.00. The molecule has 0 radical (unpaired) electrons. The summed E-state index contributed by atoms with van der Waals surface area (Å²) in [5, 5.41) is 0. The van der Waals surface area contributed by atoms with Crippen LogP contribution in [0, 0.1) is 0 Å². The van der Waals surface area contributed by atoms with Crippen LogP contribution in [0.3, 0.4) is 0 Å². The van der Waals surface area contributed by atoms with E-state index in [1.54, 1.807) is 0 Å². The van der Waals surface area contributed by atoms with Gasteiger partial charge in [-0.25, -0.2) is 0 Å². The van der Waals surface area contributed by atoms with Crippen LogP contribution in [0.15, 0.2) is 12.7 Å². The van der Waals surface area contributed by atoms with E-state index in [1.807, 2.05) is 6.08 Å². The van der Waals surface area contributed by atoms with E-state index in [-0.39, 0.29) is 0 Å². The smallest absolute Gasteiger partial charge is 0.351 e. The molecule has 0 saturated heterocycles. The first-order valence-electron chi connectivity index (χ1n) is 6.91. The molecule has 0 unspecified atom stereocenters. The van der Waals surface area contributed by atoms with Crippen molar-refractivity contribution in [1.29, 1.82) is 0 Å². The lowest BCUT2D eigenvalue weighted by molar-refractivity contribution is -0.0339. The third-order valence-electron chi connectivity index (χ3n) is 2.05. The van der Waals surface area contributed by atoms with Crippen molar-refractivity contribution in [3.8, 4) is 0 Å². The summed E-state index contributed by atoms with van der Waals surface area (Å²) in [5.41, 5.74) is 0. The van der Waals surface area contributed by atoms with Crippen LogP contribution in [-0.2, 0) is 17.7 Å². The molecule has 5 heteroatoms. The van der Waals surface area contributed by atoms with Gasteiger partial charge < -0.3 is 17.7 Å². The highest BCUT2D eigenvalue weighted by Gasteiger charge is 2.45. The van der Waals surface area contributed by atoms with Gasteiger partial charge in [0.2, 0.25) is 0 Å². The molecule has 108 valence electrons. The highest BCUT2D eigenvalue weighted by Crippen LogP contribution is 2.14. The molecular weight excluding hydrogens is 248 g/mol. The van der Waals surface area contributed by atoms with Crippen molar-refractivity contribution in [3.63, 3.8) is 0 Å². The standard InChI is InChI=1S/C13H28O4Si/c1-5-9-13-17-18(14-10-6-2,15-11-7-3)16-12-8-4/h5H,1,6-13H2,2-4H3. The Bertz CT molecular complexity index is 178. The minimum Gasteiger partial charge on any atom is -0.351 e. The summed E-state index contributed by atoms with van der Waals surface area (Å²) in [6, 6.07) is 0. The van der Waals surface area contributed by atoms with Gasteiger partial charge in [-0.2, -0.15) is 0 Å². The molecule has 4 nitrogen and oxygen atoms in total. The predicted octanol–water partition coefficient (Wildman–Crippen LogP) is 3.29. The van der Waals surface area contributed by atoms with Crippen LogP contribution in [-0.4, -0.2) is 35.5 Å². The van der Waals surface area contributed by atoms with Crippen LogP contribution >= 0.6 is 0 Å². The van der Waals surface area contributed by atoms with Crippen molar-refractivity contribution in [2.24, 2.45) is 0 Å². The fraction of sp³-hybridized carbons (Fsp3) is 0.846. The van der Waals surface area contributed by atoms with Gasteiger partial charge in [-0.1, -0.05) is 26.8 Å². The first kappa shape index (κ1) is 17.8. The highest BCUT2D eigenvalue weighted by atomic mass is 28.4. The van der Waals surface area contributed by atoms with E-state index in [0.29, 0.717) is 26.4 Å². The van der Waals surface area contributed by atoms with E-state index < -0.39 is 9.05 Å². The number of hydrogen-bond donors (Lipinski definition) is 0. The molecule has 0 N–H and O–H groups in total. The zero-order chi connectivity index (χ0) is 13.7. The fourth-order valence-corrected chi connectivity index (χ4v) is 3.43. The van der Waals surface area contributed by atoms with E-state index in [9.17, 15) is 0 Å². The van der Waals surface area contributed by atoms with Crippen molar-refractivity contribution < 1.29 is 17.7 Å². The monoisotopic (exact) mass is 276 g/mol. The second-order valence-electron chi connectivity index (χ2n) is 3.97. The van der Waals surface area contributed by atoms with Gasteiger partial charge in [0.15, 0.2) is 0 Å². The minimum atomic E-state index is -2.94. The van der Waals surface area contributed by atoms with Crippen molar-refractivity contribution in [2.45, 2.75) is 46.5 Å². The average molecular weight is 276 g/mol. The fourth-order valence-electron chi connectivity index (χ4n) is 1.20. The topological polar surface area (TPSA) is 36.9 Å². The first-order chi connectivity index (χ1) is 8.74. The molecule has 0 aliphatic rings. The van der Waals surface area contributed by atoms with Gasteiger partial charge >= 0.3 is 9.05 Å². The van der Waals surface area contributed by atoms with Gasteiger partial charge in [0.25, 0.3) is 0 Å². The normalized spacial score (nSPS) is 11.7. The molecule has 0 spiro atoms. The molecule has 0 heterocycles. The highest BCUT2D eigenvalue weighted by molar-refractivity contribution is 6.53. The quantitative estimate of drug-likeness (QED) is 0.294. The predicted molar refractivity (Wildman–Crippen MR) is 75.2 cm³/mol. The molecule has 18 heavy (non-hydrogen) atoms. The summed E-state index contributed by atoms with van der Waals surface area (Å²) in [6.45, 7) is 12.2. The summed E-state index contributed by atoms with van der Waals surface area (Å²) >= 11 is 0. The first-order valence-corrected chi connectivity index (χ1v) is 8.54. The van der Waals surface area contributed by atoms with Crippen LogP contribution in [0.25, 0.3) is 0 Å². The second kappa shape index (κ2) is 11.9. The van der Waals surface area contributed by atoms with Crippen LogP contribution in [0.2, 0.25) is 0 Å². The lowest BCUT2D eigenvalue weighted by atomic mass is 10.5. The van der Waals surface area contributed by atoms with Crippen molar-refractivity contribution in [2.75, 3.05) is 26.4 Å². The van der Waals surface area contributed by atoms with Gasteiger partial charge in [-0.3, -0.25) is 0 Å². The molecule has 0 amide bonds. The molecule has 0 aromatic rings. The second-order valence-corrected chi connectivity index (χ2v) is 6.13. The molecule has 0 aromatic heterocycles. The molecule has 0 atom stereocenters. The van der Waals surface area contributed by atoms with Gasteiger partial charge in [-0.05, 0) is 25.7 Å². The minimum absolute atomic E-state index is 0.535. The molecule has 0 aromatic carbocycles. The lowest BCUT2D eigenvalue weighted by Crippen LogP contribution is -2.50. The Labute approximate surface area is 113 Å². The van der Waals surface area contributed by atoms with E-state index in [2.05, 4.69) is 27.4 Å². The molecule has 0 fully saturated rings. The molecule has 0 rings (SSSR count). The maximum atomic E-state index is 5.78. The number of rotatable bonds is 13. The molecule has 0 aliphatic carbocycles. The lowest BCUT2D eigenvalue weighted by Gasteiger charge is -2.27. The van der Waals surface area contributed by atoms with Crippen LogP contribution in [0.5, 0.6) is 0 Å². The largest absolute Gasteiger partial charge is 0.679 e. The third-order valence-corrected chi connectivity index (χ3v) is 4.28. The Hall–Kier alpha value is -0.203. The maximum absolute atomic E-state index is 5.78. The SMILES string of the molecule is C=CCCO[Si](OCCC)(OCCC)OCCC. The summed E-state index contributed by atoms with van der Waals surface area (Å²) in [5.74, 6) is 0. The van der Waals surface area contributed by atoms with Crippen LogP contribution < -0.4 is 0 Å². The van der Waals surface area contributed by atoms with E-state index in [0.717, 1.165) is 25.7 Å². The Kier molecular flexibility index (Phi) is 11.7. The molecule has 0 aliphatic heterocycles. The van der Waals surface area contributed by atoms with Gasteiger partial charge in [0.05, 0.1) is 0 Å². The summed E-state index contributed by atoms with van der Waals surface area (Å²) in [6.07, 6.45) is 5.35. The van der Waals surface area contributed by atoms with Crippen molar-refractivity contribution in [1.82, 2.24) is 0 Å². The van der Waals surface area contributed by atoms with Gasteiger partial charge in [-0.15, -0.1) is 6.58 Å². The van der Waals surface area contributed by atoms with E-state index >= 15 is 0 Å². The Balaban J connectivity index is 4.45. The average Bonchev–Trinajstić information content (AvgIpc) is 2.40. The Morgan fingerprint density at radius 3 is 1.50 bits per heavy atom. The van der Waals surface area contributed by atoms with Crippen LogP contribution in [0.1, 0.15) is 46.5 Å². The van der Waals surface area contributed by atoms with Gasteiger partial charge in [0.1, 0.15) is 0 Å². The zero-order valence-corrected chi connectivity index (χ0v) is 13.1. The van der Waals surface area contributed by atoms with Gasteiger partial charge in [0, 0.05) is 26.4 Å².